The molecule has 0 aromatic rings. The predicted molar refractivity (Wildman–Crippen MR) is 88.4 cm³/mol. The zero-order chi connectivity index (χ0) is 17.2. The van der Waals surface area contributed by atoms with Gasteiger partial charge >= 0.3 is 0 Å². The number of hydrogen-bond acceptors (Lipinski definition) is 6. The molecule has 126 valence electrons. The lowest BCUT2D eigenvalue weighted by Crippen LogP contribution is -2.42. The highest BCUT2D eigenvalue weighted by molar-refractivity contribution is 7.90. The maximum atomic E-state index is 12.4. The number of nitrogens with zero attached hydrogens (tertiary/aromatic N) is 4. The van der Waals surface area contributed by atoms with Crippen molar-refractivity contribution >= 4 is 21.8 Å². The number of carbonyl (C=O) groups excluding carboxylic acids is 1. The van der Waals surface area contributed by atoms with Crippen LogP contribution in [0.5, 0.6) is 0 Å². The fourth-order valence-corrected chi connectivity index (χ4v) is 3.52. The molecule has 3 aliphatic rings. The first-order valence-electron chi connectivity index (χ1n) is 7.59. The highest BCUT2D eigenvalue weighted by atomic mass is 32.2. The summed E-state index contributed by atoms with van der Waals surface area (Å²) in [6.07, 6.45) is 12.0. The minimum absolute atomic E-state index is 0.0591. The summed E-state index contributed by atoms with van der Waals surface area (Å²) >= 11 is 0. The molecule has 0 aromatic carbocycles. The lowest BCUT2D eigenvalue weighted by molar-refractivity contribution is -0.117. The zero-order valence-corrected chi connectivity index (χ0v) is 13.8. The van der Waals surface area contributed by atoms with Crippen LogP contribution in [0.4, 0.5) is 0 Å². The first-order chi connectivity index (χ1) is 11.4. The van der Waals surface area contributed by atoms with E-state index in [0.717, 1.165) is 0 Å². The minimum atomic E-state index is -3.52. The van der Waals surface area contributed by atoms with Gasteiger partial charge < -0.3 is 10.2 Å². The van der Waals surface area contributed by atoms with Crippen molar-refractivity contribution in [1.82, 2.24) is 10.2 Å². The second-order valence-corrected chi connectivity index (χ2v) is 7.46. The summed E-state index contributed by atoms with van der Waals surface area (Å²) in [6.45, 7) is 0.659. The quantitative estimate of drug-likeness (QED) is 0.709. The number of fused-ring (bicyclic) bond motifs is 1. The van der Waals surface area contributed by atoms with Gasteiger partial charge in [0.05, 0.1) is 11.3 Å². The van der Waals surface area contributed by atoms with E-state index in [0.29, 0.717) is 25.8 Å². The van der Waals surface area contributed by atoms with Gasteiger partial charge in [-0.2, -0.15) is 10.2 Å². The van der Waals surface area contributed by atoms with Crippen LogP contribution in [0, 0.1) is 12.3 Å². The normalized spacial score (nSPS) is 22.0. The van der Waals surface area contributed by atoms with E-state index in [4.69, 9.17) is 6.42 Å². The van der Waals surface area contributed by atoms with E-state index < -0.39 is 15.7 Å². The maximum absolute atomic E-state index is 12.4. The zero-order valence-electron chi connectivity index (χ0n) is 13.0. The van der Waals surface area contributed by atoms with Crippen molar-refractivity contribution in [2.45, 2.75) is 24.9 Å². The Balaban J connectivity index is 1.61. The summed E-state index contributed by atoms with van der Waals surface area (Å²) in [5.41, 5.74) is -0.221. The van der Waals surface area contributed by atoms with E-state index in [1.807, 2.05) is 0 Å². The third-order valence-electron chi connectivity index (χ3n) is 3.97. The van der Waals surface area contributed by atoms with Crippen LogP contribution in [-0.2, 0) is 14.8 Å². The molecule has 0 aliphatic carbocycles. The van der Waals surface area contributed by atoms with Crippen molar-refractivity contribution in [3.8, 4) is 12.3 Å². The topological polar surface area (TPSA) is 104 Å². The summed E-state index contributed by atoms with van der Waals surface area (Å²) in [5, 5.41) is 10.8. The van der Waals surface area contributed by atoms with Crippen LogP contribution < -0.4 is 5.32 Å². The molecule has 24 heavy (non-hydrogen) atoms. The fraction of sp³-hybridized carbons (Fsp3) is 0.467. The van der Waals surface area contributed by atoms with Crippen molar-refractivity contribution in [3.63, 3.8) is 0 Å². The van der Waals surface area contributed by atoms with Crippen molar-refractivity contribution in [2.24, 2.45) is 14.6 Å². The Bertz CT molecular complexity index is 811. The molecule has 3 heterocycles. The number of amides is 1. The van der Waals surface area contributed by atoms with Gasteiger partial charge in [0.25, 0.3) is 15.9 Å². The Kier molecular flexibility index (Phi) is 4.24. The Morgan fingerprint density at radius 2 is 2.21 bits per heavy atom. The van der Waals surface area contributed by atoms with E-state index in [2.05, 4.69) is 25.9 Å². The molecule has 0 unspecified atom stereocenters. The Hall–Kier alpha value is -2.47. The summed E-state index contributed by atoms with van der Waals surface area (Å²) in [7, 11) is -3.52. The van der Waals surface area contributed by atoms with Crippen LogP contribution in [0.25, 0.3) is 0 Å². The van der Waals surface area contributed by atoms with Crippen molar-refractivity contribution in [3.05, 3.63) is 23.9 Å². The van der Waals surface area contributed by atoms with E-state index in [1.54, 1.807) is 23.3 Å². The molecule has 8 nitrogen and oxygen atoms in total. The second kappa shape index (κ2) is 6.20. The lowest BCUT2D eigenvalue weighted by atomic mass is 10.0. The number of carbonyl (C=O) groups is 1. The van der Waals surface area contributed by atoms with Gasteiger partial charge in [0, 0.05) is 38.6 Å². The van der Waals surface area contributed by atoms with Crippen LogP contribution in [-0.4, -0.2) is 49.6 Å². The molecule has 1 amide bonds. The first kappa shape index (κ1) is 16.4. The second-order valence-electron chi connectivity index (χ2n) is 5.71. The molecule has 0 saturated carbocycles. The van der Waals surface area contributed by atoms with E-state index >= 15 is 0 Å². The SMILES string of the molecule is C#CCCC1(CCNC(=O)C2=CC=CN3CCS(=O)(=O)N=C23)N=N1. The molecule has 3 rings (SSSR count). The van der Waals surface area contributed by atoms with Crippen molar-refractivity contribution in [1.29, 1.82) is 0 Å². The summed E-state index contributed by atoms with van der Waals surface area (Å²) < 4.78 is 27.1. The van der Waals surface area contributed by atoms with E-state index in [-0.39, 0.29) is 29.6 Å². The molecule has 9 heteroatoms. The number of hydrogen-bond donors (Lipinski definition) is 1. The third-order valence-corrected chi connectivity index (χ3v) is 5.12. The molecular formula is C15H17N5O3S. The molecule has 0 bridgehead atoms. The van der Waals surface area contributed by atoms with E-state index in [1.165, 1.54) is 0 Å². The number of nitrogens with one attached hydrogen (secondary N) is 1. The van der Waals surface area contributed by atoms with Gasteiger partial charge in [-0.05, 0) is 12.2 Å². The van der Waals surface area contributed by atoms with Crippen LogP contribution in [0.1, 0.15) is 19.3 Å². The molecule has 3 aliphatic heterocycles. The van der Waals surface area contributed by atoms with Gasteiger partial charge in [0.2, 0.25) is 0 Å². The fourth-order valence-electron chi connectivity index (χ4n) is 2.53. The van der Waals surface area contributed by atoms with Crippen LogP contribution >= 0.6 is 0 Å². The summed E-state index contributed by atoms with van der Waals surface area (Å²) in [5.74, 6) is 2.30. The van der Waals surface area contributed by atoms with Crippen LogP contribution in [0.2, 0.25) is 0 Å². The smallest absolute Gasteiger partial charge is 0.256 e. The highest BCUT2D eigenvalue weighted by Crippen LogP contribution is 2.36. The molecule has 0 atom stereocenters. The molecule has 0 saturated heterocycles. The first-order valence-corrected chi connectivity index (χ1v) is 9.19. The number of terminal acetylenes is 1. The third kappa shape index (κ3) is 3.54. The molecule has 0 fully saturated rings. The van der Waals surface area contributed by atoms with Crippen molar-refractivity contribution < 1.29 is 13.2 Å². The van der Waals surface area contributed by atoms with Crippen LogP contribution in [0.15, 0.2) is 38.6 Å². The van der Waals surface area contributed by atoms with Gasteiger partial charge in [-0.3, -0.25) is 4.79 Å². The number of rotatable bonds is 6. The number of sulfonamides is 1. The van der Waals surface area contributed by atoms with Gasteiger partial charge in [0.15, 0.2) is 11.5 Å². The van der Waals surface area contributed by atoms with E-state index in [9.17, 15) is 13.2 Å². The molecule has 1 N–H and O–H groups in total. The lowest BCUT2D eigenvalue weighted by Gasteiger charge is -2.28. The molecule has 0 radical (unpaired) electrons. The molecule has 0 aromatic heterocycles. The minimum Gasteiger partial charge on any atom is -0.352 e. The molecule has 0 spiro atoms. The van der Waals surface area contributed by atoms with Gasteiger partial charge in [0.1, 0.15) is 0 Å². The summed E-state index contributed by atoms with van der Waals surface area (Å²) in [6, 6.07) is 0. The average Bonchev–Trinajstić information content (AvgIpc) is 3.31. The predicted octanol–water partition coefficient (Wildman–Crippen LogP) is 0.566. The Morgan fingerprint density at radius 1 is 1.42 bits per heavy atom. The van der Waals surface area contributed by atoms with Gasteiger partial charge in [-0.25, -0.2) is 8.42 Å². The number of allylic oxidation sites excluding steroid dienone is 2. The largest absolute Gasteiger partial charge is 0.352 e. The average molecular weight is 347 g/mol. The standard InChI is InChI=1S/C15H17N5O3S/c1-2-3-6-15(18-19-15)7-8-16-14(21)12-5-4-9-20-10-11-24(22,23)17-13(12)20/h1,4-5,9H,3,6-8,10-11H2,(H,16,21). The Labute approximate surface area is 140 Å². The maximum Gasteiger partial charge on any atom is 0.256 e. The van der Waals surface area contributed by atoms with Gasteiger partial charge in [-0.15, -0.1) is 16.7 Å². The van der Waals surface area contributed by atoms with Gasteiger partial charge in [-0.1, -0.05) is 0 Å². The Morgan fingerprint density at radius 3 is 2.92 bits per heavy atom. The highest BCUT2D eigenvalue weighted by Gasteiger charge is 2.39. The monoisotopic (exact) mass is 347 g/mol. The van der Waals surface area contributed by atoms with Crippen molar-refractivity contribution in [2.75, 3.05) is 18.8 Å². The number of amidine groups is 1. The van der Waals surface area contributed by atoms with Crippen LogP contribution in [0.3, 0.4) is 0 Å². The molecular weight excluding hydrogens is 330 g/mol. The summed E-state index contributed by atoms with van der Waals surface area (Å²) in [4.78, 5) is 14.0.